The van der Waals surface area contributed by atoms with Crippen molar-refractivity contribution in [3.8, 4) is 11.5 Å². The molecule has 0 heterocycles. The highest BCUT2D eigenvalue weighted by molar-refractivity contribution is 6.09. The number of anilines is 2. The molecule has 4 aromatic rings. The number of nitrogens with zero attached hydrogens (tertiary/aromatic N) is 2. The van der Waals surface area contributed by atoms with E-state index in [1.54, 1.807) is 60.4 Å². The maximum Gasteiger partial charge on any atom is 0.262 e. The first-order valence-corrected chi connectivity index (χ1v) is 11.6. The molecule has 4 rings (SSSR count). The van der Waals surface area contributed by atoms with Crippen LogP contribution in [-0.2, 0) is 0 Å². The number of carbonyl (C=O) groups excluding carboxylic acids is 2. The summed E-state index contributed by atoms with van der Waals surface area (Å²) in [5, 5.41) is 0. The van der Waals surface area contributed by atoms with Gasteiger partial charge in [-0.25, -0.2) is 0 Å². The van der Waals surface area contributed by atoms with Crippen LogP contribution in [0.4, 0.5) is 11.4 Å². The van der Waals surface area contributed by atoms with Gasteiger partial charge in [-0.1, -0.05) is 60.7 Å². The molecular weight excluding hydrogens is 452 g/mol. The minimum atomic E-state index is -0.212. The lowest BCUT2D eigenvalue weighted by Gasteiger charge is -2.29. The quantitative estimate of drug-likeness (QED) is 0.308. The summed E-state index contributed by atoms with van der Waals surface area (Å²) in [7, 11) is 3.09. The first-order chi connectivity index (χ1) is 17.6. The van der Waals surface area contributed by atoms with Crippen molar-refractivity contribution in [2.45, 2.75) is 0 Å². The molecule has 0 saturated heterocycles. The van der Waals surface area contributed by atoms with Crippen molar-refractivity contribution in [2.75, 3.05) is 37.1 Å². The van der Waals surface area contributed by atoms with Crippen molar-refractivity contribution >= 4 is 23.2 Å². The van der Waals surface area contributed by atoms with Gasteiger partial charge >= 0.3 is 0 Å². The largest absolute Gasteiger partial charge is 0.496 e. The fourth-order valence-corrected chi connectivity index (χ4v) is 4.05. The summed E-state index contributed by atoms with van der Waals surface area (Å²) in [5.74, 6) is 0.565. The Morgan fingerprint density at radius 1 is 0.528 bits per heavy atom. The standard InChI is InChI=1S/C30H28N2O4/c1-35-27-19-11-9-17-25(27)29(33)31(23-13-5-3-6-14-23)21-22-32(24-15-7-4-8-16-24)30(34)26-18-10-12-20-28(26)36-2/h3-20H,21-22H2,1-2H3. The molecule has 0 unspecified atom stereocenters. The van der Waals surface area contributed by atoms with Crippen molar-refractivity contribution in [1.82, 2.24) is 0 Å². The van der Waals surface area contributed by atoms with E-state index in [-0.39, 0.29) is 24.9 Å². The zero-order chi connectivity index (χ0) is 25.3. The smallest absolute Gasteiger partial charge is 0.262 e. The molecular formula is C30H28N2O4. The van der Waals surface area contributed by atoms with E-state index in [0.29, 0.717) is 22.6 Å². The molecule has 0 aliphatic heterocycles. The highest BCUT2D eigenvalue weighted by Gasteiger charge is 2.25. The molecule has 36 heavy (non-hydrogen) atoms. The van der Waals surface area contributed by atoms with Gasteiger partial charge in [0, 0.05) is 24.5 Å². The average molecular weight is 481 g/mol. The second kappa shape index (κ2) is 11.7. The Morgan fingerprint density at radius 2 is 0.861 bits per heavy atom. The zero-order valence-electron chi connectivity index (χ0n) is 20.3. The van der Waals surface area contributed by atoms with Crippen molar-refractivity contribution < 1.29 is 19.1 Å². The Labute approximate surface area is 211 Å². The summed E-state index contributed by atoms with van der Waals surface area (Å²) in [6, 6.07) is 33.1. The normalized spacial score (nSPS) is 10.4. The minimum Gasteiger partial charge on any atom is -0.496 e. The highest BCUT2D eigenvalue weighted by Crippen LogP contribution is 2.26. The Bertz CT molecular complexity index is 1210. The van der Waals surface area contributed by atoms with E-state index in [9.17, 15) is 9.59 Å². The van der Waals surface area contributed by atoms with Crippen molar-refractivity contribution in [3.05, 3.63) is 120 Å². The number of rotatable bonds is 9. The van der Waals surface area contributed by atoms with Gasteiger partial charge in [0.05, 0.1) is 25.3 Å². The molecule has 0 aliphatic rings. The molecule has 6 nitrogen and oxygen atoms in total. The molecule has 0 bridgehead atoms. The molecule has 182 valence electrons. The second-order valence-electron chi connectivity index (χ2n) is 7.99. The summed E-state index contributed by atoms with van der Waals surface area (Å²) in [6.45, 7) is 0.521. The number of benzene rings is 4. The molecule has 0 spiro atoms. The van der Waals surface area contributed by atoms with Crippen LogP contribution in [0.3, 0.4) is 0 Å². The molecule has 0 atom stereocenters. The molecule has 0 aromatic heterocycles. The molecule has 0 fully saturated rings. The summed E-state index contributed by atoms with van der Waals surface area (Å²) in [4.78, 5) is 30.8. The van der Waals surface area contributed by atoms with Crippen LogP contribution in [0.15, 0.2) is 109 Å². The van der Waals surface area contributed by atoms with Gasteiger partial charge in [0.2, 0.25) is 0 Å². The van der Waals surface area contributed by atoms with E-state index in [4.69, 9.17) is 9.47 Å². The van der Waals surface area contributed by atoms with Gasteiger partial charge in [0.15, 0.2) is 0 Å². The number of ether oxygens (including phenoxy) is 2. The highest BCUT2D eigenvalue weighted by atomic mass is 16.5. The van der Waals surface area contributed by atoms with Gasteiger partial charge in [-0.15, -0.1) is 0 Å². The lowest BCUT2D eigenvalue weighted by molar-refractivity contribution is 0.0964. The lowest BCUT2D eigenvalue weighted by Crippen LogP contribution is -2.41. The Morgan fingerprint density at radius 3 is 1.22 bits per heavy atom. The third kappa shape index (κ3) is 5.39. The minimum absolute atomic E-state index is 0.212. The molecule has 0 N–H and O–H groups in total. The molecule has 0 radical (unpaired) electrons. The lowest BCUT2D eigenvalue weighted by atomic mass is 10.1. The van der Waals surface area contributed by atoms with Gasteiger partial charge in [-0.3, -0.25) is 9.59 Å². The van der Waals surface area contributed by atoms with Crippen LogP contribution in [0, 0.1) is 0 Å². The first-order valence-electron chi connectivity index (χ1n) is 11.6. The fourth-order valence-electron chi connectivity index (χ4n) is 4.05. The van der Waals surface area contributed by atoms with Crippen LogP contribution in [0.1, 0.15) is 20.7 Å². The van der Waals surface area contributed by atoms with Gasteiger partial charge in [0.25, 0.3) is 11.8 Å². The predicted molar refractivity (Wildman–Crippen MR) is 142 cm³/mol. The first kappa shape index (κ1) is 24.5. The Kier molecular flexibility index (Phi) is 7.98. The van der Waals surface area contributed by atoms with Crippen LogP contribution in [0.25, 0.3) is 0 Å². The zero-order valence-corrected chi connectivity index (χ0v) is 20.3. The second-order valence-corrected chi connectivity index (χ2v) is 7.99. The van der Waals surface area contributed by atoms with E-state index in [1.807, 2.05) is 72.8 Å². The number of para-hydroxylation sites is 4. The number of carbonyl (C=O) groups is 2. The van der Waals surface area contributed by atoms with Crippen LogP contribution >= 0.6 is 0 Å². The summed E-state index contributed by atoms with van der Waals surface area (Å²) >= 11 is 0. The predicted octanol–water partition coefficient (Wildman–Crippen LogP) is 5.70. The molecule has 4 aromatic carbocycles. The van der Waals surface area contributed by atoms with Gasteiger partial charge in [-0.05, 0) is 48.5 Å². The average Bonchev–Trinajstić information content (AvgIpc) is 2.95. The van der Waals surface area contributed by atoms with Gasteiger partial charge in [0.1, 0.15) is 11.5 Å². The van der Waals surface area contributed by atoms with Crippen LogP contribution in [0.2, 0.25) is 0 Å². The van der Waals surface area contributed by atoms with Crippen LogP contribution < -0.4 is 19.3 Å². The Balaban J connectivity index is 1.69. The van der Waals surface area contributed by atoms with Crippen molar-refractivity contribution in [3.63, 3.8) is 0 Å². The maximum atomic E-state index is 13.7. The third-order valence-electron chi connectivity index (χ3n) is 5.85. The summed E-state index contributed by atoms with van der Waals surface area (Å²) in [5.41, 5.74) is 2.36. The van der Waals surface area contributed by atoms with Crippen LogP contribution in [-0.4, -0.2) is 39.1 Å². The maximum absolute atomic E-state index is 13.7. The molecule has 2 amide bonds. The topological polar surface area (TPSA) is 59.1 Å². The number of hydrogen-bond acceptors (Lipinski definition) is 4. The SMILES string of the molecule is COc1ccccc1C(=O)N(CCN(C(=O)c1ccccc1OC)c1ccccc1)c1ccccc1. The van der Waals surface area contributed by atoms with Gasteiger partial charge in [-0.2, -0.15) is 0 Å². The van der Waals surface area contributed by atoms with Crippen molar-refractivity contribution in [1.29, 1.82) is 0 Å². The van der Waals surface area contributed by atoms with E-state index >= 15 is 0 Å². The monoisotopic (exact) mass is 480 g/mol. The number of amides is 2. The van der Waals surface area contributed by atoms with Crippen LogP contribution in [0.5, 0.6) is 11.5 Å². The third-order valence-corrected chi connectivity index (χ3v) is 5.85. The molecule has 0 saturated carbocycles. The molecule has 0 aliphatic carbocycles. The van der Waals surface area contributed by atoms with E-state index in [2.05, 4.69) is 0 Å². The van der Waals surface area contributed by atoms with E-state index < -0.39 is 0 Å². The number of hydrogen-bond donors (Lipinski definition) is 0. The number of methoxy groups -OCH3 is 2. The molecule has 6 heteroatoms. The van der Waals surface area contributed by atoms with Crippen molar-refractivity contribution in [2.24, 2.45) is 0 Å². The summed E-state index contributed by atoms with van der Waals surface area (Å²) < 4.78 is 10.9. The Hall–Kier alpha value is -4.58. The van der Waals surface area contributed by atoms with E-state index in [0.717, 1.165) is 11.4 Å². The van der Waals surface area contributed by atoms with E-state index in [1.165, 1.54) is 0 Å². The fraction of sp³-hybridized carbons (Fsp3) is 0.133. The van der Waals surface area contributed by atoms with Gasteiger partial charge < -0.3 is 19.3 Å². The summed E-state index contributed by atoms with van der Waals surface area (Å²) in [6.07, 6.45) is 0.